The van der Waals surface area contributed by atoms with E-state index in [1.54, 1.807) is 0 Å². The van der Waals surface area contributed by atoms with Crippen LogP contribution in [0.5, 0.6) is 0 Å². The van der Waals surface area contributed by atoms with Gasteiger partial charge in [0.05, 0.1) is 0 Å². The van der Waals surface area contributed by atoms with Crippen molar-refractivity contribution in [2.45, 2.75) is 45.1 Å². The Morgan fingerprint density at radius 3 is 2.47 bits per heavy atom. The summed E-state index contributed by atoms with van der Waals surface area (Å²) in [4.78, 5) is 2.06. The second kappa shape index (κ2) is 5.76. The molecule has 1 aliphatic rings. The predicted octanol–water partition coefficient (Wildman–Crippen LogP) is 4.69. The van der Waals surface area contributed by atoms with Crippen LogP contribution >= 0.6 is 11.6 Å². The summed E-state index contributed by atoms with van der Waals surface area (Å²) in [6, 6.07) is 6.03. The lowest BCUT2D eigenvalue weighted by Crippen LogP contribution is -2.38. The van der Waals surface area contributed by atoms with Crippen LogP contribution in [0.3, 0.4) is 0 Å². The van der Waals surface area contributed by atoms with Crippen LogP contribution < -0.4 is 0 Å². The number of nitrogens with zero attached hydrogens (tertiary/aromatic N) is 1. The number of likely N-dealkylation sites (tertiary alicyclic amines) is 1. The molecule has 106 valence electrons. The maximum atomic E-state index is 13.1. The summed E-state index contributed by atoms with van der Waals surface area (Å²) >= 11 is 6.20. The van der Waals surface area contributed by atoms with Gasteiger partial charge in [-0.25, -0.2) is 8.78 Å². The van der Waals surface area contributed by atoms with E-state index in [0.29, 0.717) is 25.6 Å². The van der Waals surface area contributed by atoms with Crippen molar-refractivity contribution in [2.24, 2.45) is 0 Å². The molecule has 1 aromatic carbocycles. The van der Waals surface area contributed by atoms with Crippen LogP contribution in [0.25, 0.3) is 0 Å². The highest BCUT2D eigenvalue weighted by Crippen LogP contribution is 2.30. The third kappa shape index (κ3) is 3.90. The van der Waals surface area contributed by atoms with Gasteiger partial charge in [0.1, 0.15) is 0 Å². The molecule has 0 bridgehead atoms. The number of benzene rings is 1. The van der Waals surface area contributed by atoms with Crippen molar-refractivity contribution in [3.8, 4) is 0 Å². The number of hydrogen-bond donors (Lipinski definition) is 0. The molecule has 0 radical (unpaired) electrons. The fraction of sp³-hybridized carbons (Fsp3) is 0.600. The second-order valence-electron chi connectivity index (χ2n) is 5.64. The summed E-state index contributed by atoms with van der Waals surface area (Å²) in [6.45, 7) is 5.81. The minimum absolute atomic E-state index is 0.0471. The minimum atomic E-state index is -2.49. The highest BCUT2D eigenvalue weighted by atomic mass is 35.5. The summed E-state index contributed by atoms with van der Waals surface area (Å²) in [6.07, 6.45) is -0.0943. The third-order valence-corrected chi connectivity index (χ3v) is 4.09. The minimum Gasteiger partial charge on any atom is -0.299 e. The van der Waals surface area contributed by atoms with Gasteiger partial charge in [0, 0.05) is 37.5 Å². The first-order valence-electron chi connectivity index (χ1n) is 6.76. The van der Waals surface area contributed by atoms with Crippen molar-refractivity contribution in [1.82, 2.24) is 4.90 Å². The molecular formula is C15H20ClF2N. The first kappa shape index (κ1) is 14.7. The van der Waals surface area contributed by atoms with Gasteiger partial charge in [0.25, 0.3) is 5.92 Å². The van der Waals surface area contributed by atoms with Crippen LogP contribution in [0.15, 0.2) is 18.2 Å². The Hall–Kier alpha value is -0.670. The Bertz CT molecular complexity index is 436. The fourth-order valence-electron chi connectivity index (χ4n) is 2.35. The van der Waals surface area contributed by atoms with Crippen LogP contribution in [0, 0.1) is 0 Å². The zero-order chi connectivity index (χ0) is 14.0. The highest BCUT2D eigenvalue weighted by molar-refractivity contribution is 6.31. The van der Waals surface area contributed by atoms with Crippen LogP contribution in [-0.4, -0.2) is 23.9 Å². The molecule has 0 spiro atoms. The lowest BCUT2D eigenvalue weighted by Gasteiger charge is -2.32. The SMILES string of the molecule is CC(C)c1ccc(Cl)c(CN2CCC(F)(F)CC2)c1. The summed E-state index contributed by atoms with van der Waals surface area (Å²) in [5, 5.41) is 0.724. The van der Waals surface area contributed by atoms with Gasteiger partial charge < -0.3 is 0 Å². The molecule has 0 unspecified atom stereocenters. The Kier molecular flexibility index (Phi) is 4.46. The molecule has 0 atom stereocenters. The van der Waals surface area contributed by atoms with E-state index in [2.05, 4.69) is 24.8 Å². The van der Waals surface area contributed by atoms with Crippen LogP contribution in [0.4, 0.5) is 8.78 Å². The number of rotatable bonds is 3. The molecule has 1 fully saturated rings. The smallest absolute Gasteiger partial charge is 0.250 e. The zero-order valence-electron chi connectivity index (χ0n) is 11.4. The lowest BCUT2D eigenvalue weighted by molar-refractivity contribution is -0.0566. The normalized spacial score (nSPS) is 19.9. The van der Waals surface area contributed by atoms with Gasteiger partial charge in [-0.15, -0.1) is 0 Å². The fourth-order valence-corrected chi connectivity index (χ4v) is 2.53. The number of alkyl halides is 2. The van der Waals surface area contributed by atoms with Crippen molar-refractivity contribution in [2.75, 3.05) is 13.1 Å². The van der Waals surface area contributed by atoms with Crippen molar-refractivity contribution < 1.29 is 8.78 Å². The monoisotopic (exact) mass is 287 g/mol. The molecule has 2 rings (SSSR count). The molecule has 1 heterocycles. The summed E-state index contributed by atoms with van der Waals surface area (Å²) in [5.74, 6) is -2.04. The first-order chi connectivity index (χ1) is 8.87. The molecule has 1 nitrogen and oxygen atoms in total. The number of halogens is 3. The van der Waals surface area contributed by atoms with Gasteiger partial charge in [0.15, 0.2) is 0 Å². The van der Waals surface area contributed by atoms with Crippen molar-refractivity contribution in [3.05, 3.63) is 34.3 Å². The van der Waals surface area contributed by atoms with Crippen molar-refractivity contribution in [3.63, 3.8) is 0 Å². The molecule has 1 aliphatic heterocycles. The van der Waals surface area contributed by atoms with Gasteiger partial charge in [-0.05, 0) is 23.1 Å². The molecule has 19 heavy (non-hydrogen) atoms. The maximum absolute atomic E-state index is 13.1. The van der Waals surface area contributed by atoms with E-state index in [4.69, 9.17) is 11.6 Å². The number of hydrogen-bond acceptors (Lipinski definition) is 1. The first-order valence-corrected chi connectivity index (χ1v) is 7.14. The molecule has 4 heteroatoms. The maximum Gasteiger partial charge on any atom is 0.250 e. The van der Waals surface area contributed by atoms with Crippen LogP contribution in [-0.2, 0) is 6.54 Å². The Morgan fingerprint density at radius 1 is 1.26 bits per heavy atom. The van der Waals surface area contributed by atoms with Gasteiger partial charge in [-0.3, -0.25) is 4.90 Å². The summed E-state index contributed by atoms with van der Waals surface area (Å²) < 4.78 is 26.2. The molecule has 1 aromatic rings. The number of piperidine rings is 1. The summed E-state index contributed by atoms with van der Waals surface area (Å²) in [5.41, 5.74) is 2.28. The van der Waals surface area contributed by atoms with Gasteiger partial charge in [-0.1, -0.05) is 37.6 Å². The molecular weight excluding hydrogens is 268 g/mol. The van der Waals surface area contributed by atoms with Crippen molar-refractivity contribution in [1.29, 1.82) is 0 Å². The van der Waals surface area contributed by atoms with E-state index in [1.807, 2.05) is 12.1 Å². The topological polar surface area (TPSA) is 3.24 Å². The zero-order valence-corrected chi connectivity index (χ0v) is 12.2. The molecule has 0 aromatic heterocycles. The molecule has 1 saturated heterocycles. The summed E-state index contributed by atoms with van der Waals surface area (Å²) in [7, 11) is 0. The molecule has 0 N–H and O–H groups in total. The molecule has 0 aliphatic carbocycles. The van der Waals surface area contributed by atoms with E-state index in [1.165, 1.54) is 5.56 Å². The average molecular weight is 288 g/mol. The molecule has 0 amide bonds. The van der Waals surface area contributed by atoms with Gasteiger partial charge in [0.2, 0.25) is 0 Å². The predicted molar refractivity (Wildman–Crippen MR) is 75.0 cm³/mol. The van der Waals surface area contributed by atoms with Crippen LogP contribution in [0.2, 0.25) is 5.02 Å². The Balaban J connectivity index is 2.05. The van der Waals surface area contributed by atoms with E-state index in [0.717, 1.165) is 10.6 Å². The van der Waals surface area contributed by atoms with E-state index < -0.39 is 5.92 Å². The Morgan fingerprint density at radius 2 is 1.89 bits per heavy atom. The van der Waals surface area contributed by atoms with E-state index in [-0.39, 0.29) is 12.8 Å². The standard InChI is InChI=1S/C15H20ClF2N/c1-11(2)12-3-4-14(16)13(9-12)10-19-7-5-15(17,18)6-8-19/h3-4,9,11H,5-8,10H2,1-2H3. The van der Waals surface area contributed by atoms with Crippen LogP contribution in [0.1, 0.15) is 43.7 Å². The van der Waals surface area contributed by atoms with E-state index >= 15 is 0 Å². The van der Waals surface area contributed by atoms with Gasteiger partial charge in [-0.2, -0.15) is 0 Å². The lowest BCUT2D eigenvalue weighted by atomic mass is 10.00. The van der Waals surface area contributed by atoms with E-state index in [9.17, 15) is 8.78 Å². The highest BCUT2D eigenvalue weighted by Gasteiger charge is 2.33. The molecule has 0 saturated carbocycles. The van der Waals surface area contributed by atoms with Crippen molar-refractivity contribution >= 4 is 11.6 Å². The average Bonchev–Trinajstić information content (AvgIpc) is 2.34. The Labute approximate surface area is 118 Å². The second-order valence-corrected chi connectivity index (χ2v) is 6.04. The quantitative estimate of drug-likeness (QED) is 0.779. The third-order valence-electron chi connectivity index (χ3n) is 3.72. The largest absolute Gasteiger partial charge is 0.299 e. The van der Waals surface area contributed by atoms with Gasteiger partial charge >= 0.3 is 0 Å².